The molecule has 0 bridgehead atoms. The van der Waals surface area contributed by atoms with Crippen LogP contribution in [0.15, 0.2) is 18.7 Å². The zero-order valence-corrected chi connectivity index (χ0v) is 13.2. The summed E-state index contributed by atoms with van der Waals surface area (Å²) in [4.78, 5) is 28.0. The largest absolute Gasteiger partial charge is 0.469 e. The molecular formula is C16H25N3O3. The Kier molecular flexibility index (Phi) is 6.43. The Morgan fingerprint density at radius 2 is 2.14 bits per heavy atom. The van der Waals surface area contributed by atoms with Crippen molar-refractivity contribution in [2.24, 2.45) is 5.92 Å². The standard InChI is InChI=1S/C16H25N3O3/c1-22-16(21)13-6-3-2-4-7-14(13)18-15(20)8-5-10-19-11-9-17-12-19/h9,11-14H,2-8,10H2,1H3,(H,18,20)/t13-,14-/m1/s1. The van der Waals surface area contributed by atoms with E-state index in [1.165, 1.54) is 7.11 Å². The molecule has 1 saturated carbocycles. The highest BCUT2D eigenvalue weighted by molar-refractivity contribution is 5.78. The van der Waals surface area contributed by atoms with Crippen LogP contribution in [0.5, 0.6) is 0 Å². The molecule has 1 heterocycles. The van der Waals surface area contributed by atoms with Gasteiger partial charge in [0.1, 0.15) is 0 Å². The van der Waals surface area contributed by atoms with Crippen molar-refractivity contribution >= 4 is 11.9 Å². The summed E-state index contributed by atoms with van der Waals surface area (Å²) in [5.74, 6) is -0.392. The zero-order chi connectivity index (χ0) is 15.8. The van der Waals surface area contributed by atoms with Gasteiger partial charge >= 0.3 is 5.97 Å². The summed E-state index contributed by atoms with van der Waals surface area (Å²) in [5, 5.41) is 3.04. The van der Waals surface area contributed by atoms with E-state index in [1.54, 1.807) is 12.5 Å². The summed E-state index contributed by atoms with van der Waals surface area (Å²) in [5.41, 5.74) is 0. The Balaban J connectivity index is 1.80. The Hall–Kier alpha value is -1.85. The Morgan fingerprint density at radius 3 is 2.86 bits per heavy atom. The van der Waals surface area contributed by atoms with Gasteiger partial charge in [0.05, 0.1) is 19.4 Å². The number of aryl methyl sites for hydroxylation is 1. The molecule has 0 unspecified atom stereocenters. The lowest BCUT2D eigenvalue weighted by Gasteiger charge is -2.24. The molecule has 0 spiro atoms. The van der Waals surface area contributed by atoms with Gasteiger partial charge in [-0.2, -0.15) is 0 Å². The van der Waals surface area contributed by atoms with Crippen LogP contribution in [0.2, 0.25) is 0 Å². The van der Waals surface area contributed by atoms with Crippen LogP contribution in [0.1, 0.15) is 44.9 Å². The minimum atomic E-state index is -0.204. The number of carbonyl (C=O) groups is 2. The lowest BCUT2D eigenvalue weighted by atomic mass is 9.94. The average molecular weight is 307 g/mol. The van der Waals surface area contributed by atoms with Crippen molar-refractivity contribution in [2.45, 2.75) is 57.5 Å². The number of nitrogens with one attached hydrogen (secondary N) is 1. The number of hydrogen-bond acceptors (Lipinski definition) is 4. The number of amides is 1. The zero-order valence-electron chi connectivity index (χ0n) is 13.2. The van der Waals surface area contributed by atoms with Gasteiger partial charge < -0.3 is 14.6 Å². The maximum absolute atomic E-state index is 12.1. The molecule has 0 aromatic carbocycles. The average Bonchev–Trinajstić information content (AvgIpc) is 2.92. The van der Waals surface area contributed by atoms with Gasteiger partial charge in [-0.3, -0.25) is 9.59 Å². The predicted octanol–water partition coefficient (Wildman–Crippen LogP) is 1.90. The fourth-order valence-corrected chi connectivity index (χ4v) is 3.03. The predicted molar refractivity (Wildman–Crippen MR) is 82.0 cm³/mol. The number of rotatable bonds is 6. The van der Waals surface area contributed by atoms with Gasteiger partial charge in [0.15, 0.2) is 0 Å². The number of imidazole rings is 1. The molecule has 1 aliphatic rings. The Bertz CT molecular complexity index is 473. The second-order valence-corrected chi connectivity index (χ2v) is 5.85. The van der Waals surface area contributed by atoms with Crippen molar-refractivity contribution in [3.05, 3.63) is 18.7 Å². The van der Waals surface area contributed by atoms with Gasteiger partial charge in [0.2, 0.25) is 5.91 Å². The molecule has 1 aliphatic carbocycles. The minimum absolute atomic E-state index is 0.0147. The third-order valence-electron chi connectivity index (χ3n) is 4.25. The normalized spacial score (nSPS) is 21.9. The van der Waals surface area contributed by atoms with E-state index in [9.17, 15) is 9.59 Å². The molecule has 2 atom stereocenters. The van der Waals surface area contributed by atoms with Crippen LogP contribution >= 0.6 is 0 Å². The summed E-state index contributed by atoms with van der Waals surface area (Å²) >= 11 is 0. The minimum Gasteiger partial charge on any atom is -0.469 e. The van der Waals surface area contributed by atoms with Crippen LogP contribution in [-0.4, -0.2) is 34.6 Å². The summed E-state index contributed by atoms with van der Waals surface area (Å²) < 4.78 is 6.84. The quantitative estimate of drug-likeness (QED) is 0.643. The summed E-state index contributed by atoms with van der Waals surface area (Å²) in [6, 6.07) is -0.0873. The highest BCUT2D eigenvalue weighted by Gasteiger charge is 2.31. The van der Waals surface area contributed by atoms with Gasteiger partial charge in [0.25, 0.3) is 0 Å². The lowest BCUT2D eigenvalue weighted by Crippen LogP contribution is -2.43. The summed E-state index contributed by atoms with van der Waals surface area (Å²) in [6.45, 7) is 0.776. The van der Waals surface area contributed by atoms with Crippen molar-refractivity contribution in [1.82, 2.24) is 14.9 Å². The van der Waals surface area contributed by atoms with E-state index < -0.39 is 0 Å². The SMILES string of the molecule is COC(=O)[C@@H]1CCCCC[C@H]1NC(=O)CCCn1ccnc1. The Morgan fingerprint density at radius 1 is 1.32 bits per heavy atom. The Labute approximate surface area is 131 Å². The van der Waals surface area contributed by atoms with Crippen molar-refractivity contribution < 1.29 is 14.3 Å². The van der Waals surface area contributed by atoms with Crippen LogP contribution < -0.4 is 5.32 Å². The molecule has 6 nitrogen and oxygen atoms in total. The van der Waals surface area contributed by atoms with Crippen LogP contribution in [0.3, 0.4) is 0 Å². The summed E-state index contributed by atoms with van der Waals surface area (Å²) in [6.07, 6.45) is 11.4. The topological polar surface area (TPSA) is 73.2 Å². The second kappa shape index (κ2) is 8.56. The monoisotopic (exact) mass is 307 g/mol. The lowest BCUT2D eigenvalue weighted by molar-refractivity contribution is -0.147. The molecule has 1 fully saturated rings. The van der Waals surface area contributed by atoms with Crippen LogP contribution in [0.25, 0.3) is 0 Å². The van der Waals surface area contributed by atoms with Gasteiger partial charge in [-0.25, -0.2) is 4.98 Å². The van der Waals surface area contributed by atoms with E-state index in [-0.39, 0.29) is 23.8 Å². The van der Waals surface area contributed by atoms with Gasteiger partial charge in [-0.15, -0.1) is 0 Å². The van der Waals surface area contributed by atoms with Gasteiger partial charge in [-0.05, 0) is 19.3 Å². The third kappa shape index (κ3) is 4.86. The van der Waals surface area contributed by atoms with Crippen molar-refractivity contribution in [3.8, 4) is 0 Å². The van der Waals surface area contributed by atoms with Gasteiger partial charge in [-0.1, -0.05) is 19.3 Å². The molecule has 0 saturated heterocycles. The number of nitrogens with zero attached hydrogens (tertiary/aromatic N) is 2. The first kappa shape index (κ1) is 16.5. The van der Waals surface area contributed by atoms with E-state index in [0.29, 0.717) is 6.42 Å². The van der Waals surface area contributed by atoms with E-state index in [0.717, 1.165) is 45.1 Å². The van der Waals surface area contributed by atoms with Crippen LogP contribution in [-0.2, 0) is 20.9 Å². The molecule has 1 aromatic rings. The highest BCUT2D eigenvalue weighted by Crippen LogP contribution is 2.24. The van der Waals surface area contributed by atoms with Gasteiger partial charge in [0, 0.05) is 31.4 Å². The third-order valence-corrected chi connectivity index (χ3v) is 4.25. The molecular weight excluding hydrogens is 282 g/mol. The molecule has 1 amide bonds. The van der Waals surface area contributed by atoms with E-state index in [4.69, 9.17) is 4.74 Å². The van der Waals surface area contributed by atoms with Crippen molar-refractivity contribution in [1.29, 1.82) is 0 Å². The van der Waals surface area contributed by atoms with E-state index in [2.05, 4.69) is 10.3 Å². The van der Waals surface area contributed by atoms with Crippen molar-refractivity contribution in [2.75, 3.05) is 7.11 Å². The smallest absolute Gasteiger partial charge is 0.310 e. The fraction of sp³-hybridized carbons (Fsp3) is 0.688. The number of esters is 1. The molecule has 6 heteroatoms. The number of hydrogen-bond donors (Lipinski definition) is 1. The number of carbonyl (C=O) groups excluding carboxylic acids is 2. The maximum atomic E-state index is 12.1. The van der Waals surface area contributed by atoms with E-state index in [1.807, 2.05) is 10.8 Å². The number of methoxy groups -OCH3 is 1. The first-order chi connectivity index (χ1) is 10.7. The van der Waals surface area contributed by atoms with Crippen LogP contribution in [0, 0.1) is 5.92 Å². The van der Waals surface area contributed by atoms with E-state index >= 15 is 0 Å². The summed E-state index contributed by atoms with van der Waals surface area (Å²) in [7, 11) is 1.41. The fourth-order valence-electron chi connectivity index (χ4n) is 3.03. The molecule has 122 valence electrons. The number of ether oxygens (including phenoxy) is 1. The molecule has 1 aromatic heterocycles. The maximum Gasteiger partial charge on any atom is 0.310 e. The molecule has 2 rings (SSSR count). The van der Waals surface area contributed by atoms with Crippen LogP contribution in [0.4, 0.5) is 0 Å². The molecule has 1 N–H and O–H groups in total. The first-order valence-electron chi connectivity index (χ1n) is 8.03. The second-order valence-electron chi connectivity index (χ2n) is 5.85. The van der Waals surface area contributed by atoms with Crippen molar-refractivity contribution in [3.63, 3.8) is 0 Å². The first-order valence-corrected chi connectivity index (χ1v) is 8.03. The molecule has 0 radical (unpaired) electrons. The number of aromatic nitrogens is 2. The highest BCUT2D eigenvalue weighted by atomic mass is 16.5. The molecule has 22 heavy (non-hydrogen) atoms. The molecule has 0 aliphatic heterocycles.